The Morgan fingerprint density at radius 1 is 1.40 bits per heavy atom. The quantitative estimate of drug-likeness (QED) is 0.795. The van der Waals surface area contributed by atoms with Crippen LogP contribution in [0.5, 0.6) is 0 Å². The molecule has 0 aromatic heterocycles. The van der Waals surface area contributed by atoms with Gasteiger partial charge in [0.25, 0.3) is 0 Å². The maximum atomic E-state index is 3.29. The second kappa shape index (κ2) is 4.23. The Labute approximate surface area is 92.3 Å². The fourth-order valence-corrected chi connectivity index (χ4v) is 2.24. The first-order valence-electron chi connectivity index (χ1n) is 5.73. The van der Waals surface area contributed by atoms with E-state index in [1.54, 1.807) is 0 Å². The fourth-order valence-electron chi connectivity index (χ4n) is 2.24. The Morgan fingerprint density at radius 2 is 2.20 bits per heavy atom. The van der Waals surface area contributed by atoms with Gasteiger partial charge in [-0.3, -0.25) is 0 Å². The van der Waals surface area contributed by atoms with Crippen LogP contribution in [-0.4, -0.2) is 20.6 Å². The van der Waals surface area contributed by atoms with Gasteiger partial charge in [-0.1, -0.05) is 12.1 Å². The number of anilines is 1. The predicted octanol–water partition coefficient (Wildman–Crippen LogP) is 2.35. The SMILES string of the molecule is CNC(C)c1ccc2c(c1)CCCN2C. The molecular weight excluding hydrogens is 184 g/mol. The van der Waals surface area contributed by atoms with Crippen molar-refractivity contribution in [2.45, 2.75) is 25.8 Å². The summed E-state index contributed by atoms with van der Waals surface area (Å²) in [7, 11) is 4.19. The molecule has 1 unspecified atom stereocenters. The van der Waals surface area contributed by atoms with Crippen LogP contribution in [0.25, 0.3) is 0 Å². The standard InChI is InChI=1S/C13H20N2/c1-10(14-2)11-6-7-13-12(9-11)5-4-8-15(13)3/h6-7,9-10,14H,4-5,8H2,1-3H3. The molecule has 1 aliphatic heterocycles. The van der Waals surface area contributed by atoms with Crippen LogP contribution < -0.4 is 10.2 Å². The molecule has 2 rings (SSSR count). The Balaban J connectivity index is 2.33. The van der Waals surface area contributed by atoms with Gasteiger partial charge in [0.05, 0.1) is 0 Å². The van der Waals surface area contributed by atoms with Gasteiger partial charge >= 0.3 is 0 Å². The summed E-state index contributed by atoms with van der Waals surface area (Å²) in [5, 5.41) is 3.29. The van der Waals surface area contributed by atoms with E-state index in [-0.39, 0.29) is 0 Å². The molecule has 1 aliphatic rings. The van der Waals surface area contributed by atoms with E-state index in [1.807, 2.05) is 7.05 Å². The van der Waals surface area contributed by atoms with Crippen LogP contribution >= 0.6 is 0 Å². The second-order valence-corrected chi connectivity index (χ2v) is 4.42. The van der Waals surface area contributed by atoms with E-state index >= 15 is 0 Å². The Bertz CT molecular complexity index is 346. The molecule has 0 saturated heterocycles. The zero-order valence-corrected chi connectivity index (χ0v) is 9.88. The Hall–Kier alpha value is -1.02. The normalized spacial score (nSPS) is 17.4. The summed E-state index contributed by atoms with van der Waals surface area (Å²) in [5.41, 5.74) is 4.31. The first-order chi connectivity index (χ1) is 7.22. The Kier molecular flexibility index (Phi) is 2.96. The molecule has 0 amide bonds. The fraction of sp³-hybridized carbons (Fsp3) is 0.538. The minimum Gasteiger partial charge on any atom is -0.374 e. The maximum absolute atomic E-state index is 3.29. The molecule has 1 atom stereocenters. The maximum Gasteiger partial charge on any atom is 0.0396 e. The number of fused-ring (bicyclic) bond motifs is 1. The lowest BCUT2D eigenvalue weighted by molar-refractivity contribution is 0.649. The third-order valence-corrected chi connectivity index (χ3v) is 3.39. The third-order valence-electron chi connectivity index (χ3n) is 3.39. The van der Waals surface area contributed by atoms with Crippen molar-refractivity contribution < 1.29 is 0 Å². The summed E-state index contributed by atoms with van der Waals surface area (Å²) >= 11 is 0. The average molecular weight is 204 g/mol. The van der Waals surface area contributed by atoms with Crippen LogP contribution in [0.3, 0.4) is 0 Å². The van der Waals surface area contributed by atoms with Crippen LogP contribution in [0, 0.1) is 0 Å². The lowest BCUT2D eigenvalue weighted by Gasteiger charge is -2.28. The number of rotatable bonds is 2. The Morgan fingerprint density at radius 3 is 2.93 bits per heavy atom. The number of hydrogen-bond acceptors (Lipinski definition) is 2. The van der Waals surface area contributed by atoms with Gasteiger partial charge < -0.3 is 10.2 Å². The molecule has 0 spiro atoms. The summed E-state index contributed by atoms with van der Waals surface area (Å²) < 4.78 is 0. The monoisotopic (exact) mass is 204 g/mol. The van der Waals surface area contributed by atoms with Crippen molar-refractivity contribution in [2.75, 3.05) is 25.5 Å². The molecule has 1 N–H and O–H groups in total. The van der Waals surface area contributed by atoms with Gasteiger partial charge in [0.1, 0.15) is 0 Å². The van der Waals surface area contributed by atoms with Gasteiger partial charge in [-0.15, -0.1) is 0 Å². The highest BCUT2D eigenvalue weighted by molar-refractivity contribution is 5.56. The zero-order valence-electron chi connectivity index (χ0n) is 9.88. The molecular formula is C13H20N2. The minimum atomic E-state index is 0.447. The summed E-state index contributed by atoms with van der Waals surface area (Å²) in [6.07, 6.45) is 2.50. The molecule has 2 nitrogen and oxygen atoms in total. The summed E-state index contributed by atoms with van der Waals surface area (Å²) in [4.78, 5) is 2.35. The van der Waals surface area contributed by atoms with Crippen LogP contribution in [0.1, 0.15) is 30.5 Å². The van der Waals surface area contributed by atoms with Gasteiger partial charge in [0.15, 0.2) is 0 Å². The summed E-state index contributed by atoms with van der Waals surface area (Å²) in [6, 6.07) is 7.30. The molecule has 0 radical (unpaired) electrons. The molecule has 0 fully saturated rings. The lowest BCUT2D eigenvalue weighted by atomic mass is 9.97. The highest BCUT2D eigenvalue weighted by Crippen LogP contribution is 2.28. The molecule has 15 heavy (non-hydrogen) atoms. The number of nitrogens with one attached hydrogen (secondary N) is 1. The van der Waals surface area contributed by atoms with Crippen molar-refractivity contribution in [3.05, 3.63) is 29.3 Å². The number of nitrogens with zero attached hydrogens (tertiary/aromatic N) is 1. The van der Waals surface area contributed by atoms with E-state index in [0.717, 1.165) is 0 Å². The van der Waals surface area contributed by atoms with Crippen molar-refractivity contribution in [3.8, 4) is 0 Å². The van der Waals surface area contributed by atoms with E-state index in [1.165, 1.54) is 36.2 Å². The van der Waals surface area contributed by atoms with E-state index < -0.39 is 0 Å². The average Bonchev–Trinajstić information content (AvgIpc) is 2.28. The van der Waals surface area contributed by atoms with E-state index in [9.17, 15) is 0 Å². The molecule has 0 saturated carbocycles. The minimum absolute atomic E-state index is 0.447. The number of benzene rings is 1. The highest BCUT2D eigenvalue weighted by atomic mass is 15.1. The van der Waals surface area contributed by atoms with Crippen LogP contribution in [0.15, 0.2) is 18.2 Å². The van der Waals surface area contributed by atoms with Crippen molar-refractivity contribution in [3.63, 3.8) is 0 Å². The summed E-state index contributed by atoms with van der Waals surface area (Å²) in [6.45, 7) is 3.39. The van der Waals surface area contributed by atoms with Crippen molar-refractivity contribution in [1.29, 1.82) is 0 Å². The first kappa shape index (κ1) is 10.5. The third kappa shape index (κ3) is 2.00. The molecule has 1 aromatic rings. The van der Waals surface area contributed by atoms with Crippen LogP contribution in [0.2, 0.25) is 0 Å². The molecule has 82 valence electrons. The first-order valence-corrected chi connectivity index (χ1v) is 5.73. The lowest BCUT2D eigenvalue weighted by Crippen LogP contribution is -2.25. The highest BCUT2D eigenvalue weighted by Gasteiger charge is 2.14. The molecule has 2 heteroatoms. The number of hydrogen-bond donors (Lipinski definition) is 1. The molecule has 0 aliphatic carbocycles. The molecule has 0 bridgehead atoms. The van der Waals surface area contributed by atoms with Gasteiger partial charge in [-0.05, 0) is 44.0 Å². The smallest absolute Gasteiger partial charge is 0.0396 e. The van der Waals surface area contributed by atoms with E-state index in [0.29, 0.717) is 6.04 Å². The van der Waals surface area contributed by atoms with Gasteiger partial charge in [-0.2, -0.15) is 0 Å². The van der Waals surface area contributed by atoms with Crippen molar-refractivity contribution in [1.82, 2.24) is 5.32 Å². The van der Waals surface area contributed by atoms with Crippen molar-refractivity contribution >= 4 is 5.69 Å². The van der Waals surface area contributed by atoms with Crippen molar-refractivity contribution in [2.24, 2.45) is 0 Å². The van der Waals surface area contributed by atoms with E-state index in [4.69, 9.17) is 0 Å². The van der Waals surface area contributed by atoms with Crippen LogP contribution in [-0.2, 0) is 6.42 Å². The predicted molar refractivity (Wildman–Crippen MR) is 65.5 cm³/mol. The van der Waals surface area contributed by atoms with E-state index in [2.05, 4.69) is 42.4 Å². The van der Waals surface area contributed by atoms with Gasteiger partial charge in [0.2, 0.25) is 0 Å². The number of aryl methyl sites for hydroxylation is 1. The van der Waals surface area contributed by atoms with Gasteiger partial charge in [-0.25, -0.2) is 0 Å². The molecule has 1 heterocycles. The summed E-state index contributed by atoms with van der Waals surface area (Å²) in [5.74, 6) is 0. The molecule has 1 aromatic carbocycles. The largest absolute Gasteiger partial charge is 0.374 e. The second-order valence-electron chi connectivity index (χ2n) is 4.42. The van der Waals surface area contributed by atoms with Gasteiger partial charge in [0, 0.05) is 25.3 Å². The topological polar surface area (TPSA) is 15.3 Å². The zero-order chi connectivity index (χ0) is 10.8. The van der Waals surface area contributed by atoms with Crippen LogP contribution in [0.4, 0.5) is 5.69 Å².